The van der Waals surface area contributed by atoms with Gasteiger partial charge in [-0.2, -0.15) is 0 Å². The number of aryl methyl sites for hydroxylation is 1. The van der Waals surface area contributed by atoms with E-state index in [9.17, 15) is 13.6 Å². The Balaban J connectivity index is 1.66. The van der Waals surface area contributed by atoms with Crippen molar-refractivity contribution < 1.29 is 18.3 Å². The fourth-order valence-corrected chi connectivity index (χ4v) is 4.57. The molecule has 0 aliphatic heterocycles. The van der Waals surface area contributed by atoms with E-state index in [4.69, 9.17) is 10.5 Å². The Morgan fingerprint density at radius 3 is 2.60 bits per heavy atom. The first-order valence-corrected chi connectivity index (χ1v) is 10.5. The molecule has 5 nitrogen and oxygen atoms in total. The molecule has 4 rings (SSSR count). The van der Waals surface area contributed by atoms with Gasteiger partial charge in [0.05, 0.1) is 21.0 Å². The summed E-state index contributed by atoms with van der Waals surface area (Å²) in [7, 11) is 0. The van der Waals surface area contributed by atoms with Crippen molar-refractivity contribution >= 4 is 28.6 Å². The molecule has 9 heteroatoms. The number of nitrogens with two attached hydrogens (primary N) is 1. The number of primary amides is 1. The molecule has 0 fully saturated rings. The average molecular weight is 444 g/mol. The number of thiazole rings is 2. The zero-order valence-electron chi connectivity index (χ0n) is 15.7. The minimum Gasteiger partial charge on any atom is -0.483 e. The summed E-state index contributed by atoms with van der Waals surface area (Å²) >= 11 is 2.89. The zero-order valence-corrected chi connectivity index (χ0v) is 17.3. The Morgan fingerprint density at radius 2 is 1.93 bits per heavy atom. The maximum absolute atomic E-state index is 14.4. The summed E-state index contributed by atoms with van der Waals surface area (Å²) in [5, 5.41) is 0.596. The van der Waals surface area contributed by atoms with Gasteiger partial charge in [-0.3, -0.25) is 9.78 Å². The minimum absolute atomic E-state index is 0.0525. The molecule has 4 aromatic rings. The quantitative estimate of drug-likeness (QED) is 0.444. The predicted molar refractivity (Wildman–Crippen MR) is 113 cm³/mol. The van der Waals surface area contributed by atoms with Gasteiger partial charge in [0.25, 0.3) is 5.91 Å². The Hall–Kier alpha value is -3.17. The maximum Gasteiger partial charge on any atom is 0.254 e. The molecule has 152 valence electrons. The van der Waals surface area contributed by atoms with Gasteiger partial charge in [-0.05, 0) is 19.1 Å². The predicted octanol–water partition coefficient (Wildman–Crippen LogP) is 5.20. The van der Waals surface area contributed by atoms with Gasteiger partial charge < -0.3 is 10.5 Å². The molecular formula is C21H15F2N3O2S2. The number of amides is 1. The van der Waals surface area contributed by atoms with Crippen LogP contribution in [0.15, 0.2) is 48.1 Å². The Kier molecular flexibility index (Phi) is 5.56. The number of ether oxygens (including phenoxy) is 1. The second-order valence-electron chi connectivity index (χ2n) is 6.40. The molecule has 0 saturated carbocycles. The number of rotatable bonds is 6. The van der Waals surface area contributed by atoms with Crippen LogP contribution in [0.4, 0.5) is 8.78 Å². The zero-order chi connectivity index (χ0) is 21.3. The van der Waals surface area contributed by atoms with Gasteiger partial charge in [0.15, 0.2) is 11.6 Å². The summed E-state index contributed by atoms with van der Waals surface area (Å²) in [6, 6.07) is 10.0. The molecule has 0 bridgehead atoms. The van der Waals surface area contributed by atoms with Crippen molar-refractivity contribution in [1.82, 2.24) is 9.97 Å². The fourth-order valence-electron chi connectivity index (χ4n) is 2.84. The SMILES string of the molecule is Cc1ccc(-c2nc(COc3ccc(F)c(C(N)=O)c3F)sc2-c2cncs2)cc1. The van der Waals surface area contributed by atoms with Gasteiger partial charge in [0.1, 0.15) is 23.0 Å². The third-order valence-electron chi connectivity index (χ3n) is 4.31. The summed E-state index contributed by atoms with van der Waals surface area (Å²) in [6.07, 6.45) is 1.76. The van der Waals surface area contributed by atoms with Crippen LogP contribution in [0.3, 0.4) is 0 Å². The highest BCUT2D eigenvalue weighted by Gasteiger charge is 2.21. The average Bonchev–Trinajstić information content (AvgIpc) is 3.37. The third-order valence-corrected chi connectivity index (χ3v) is 6.29. The molecule has 0 atom stereocenters. The van der Waals surface area contributed by atoms with Crippen molar-refractivity contribution in [3.8, 4) is 26.8 Å². The van der Waals surface area contributed by atoms with Crippen LogP contribution in [0.5, 0.6) is 5.75 Å². The van der Waals surface area contributed by atoms with E-state index in [2.05, 4.69) is 9.97 Å². The fraction of sp³-hybridized carbons (Fsp3) is 0.0952. The van der Waals surface area contributed by atoms with Crippen molar-refractivity contribution in [2.24, 2.45) is 5.73 Å². The number of hydrogen-bond donors (Lipinski definition) is 1. The first-order chi connectivity index (χ1) is 14.4. The Labute approximate surface area is 178 Å². The molecule has 2 heterocycles. The summed E-state index contributed by atoms with van der Waals surface area (Å²) in [6.45, 7) is 1.95. The van der Waals surface area contributed by atoms with E-state index >= 15 is 0 Å². The van der Waals surface area contributed by atoms with Crippen LogP contribution in [-0.4, -0.2) is 15.9 Å². The molecular weight excluding hydrogens is 428 g/mol. The molecule has 0 spiro atoms. The smallest absolute Gasteiger partial charge is 0.254 e. The maximum atomic E-state index is 14.4. The third kappa shape index (κ3) is 3.94. The molecule has 0 aliphatic rings. The topological polar surface area (TPSA) is 78.1 Å². The van der Waals surface area contributed by atoms with E-state index in [-0.39, 0.29) is 12.4 Å². The van der Waals surface area contributed by atoms with Crippen LogP contribution in [0.25, 0.3) is 21.0 Å². The lowest BCUT2D eigenvalue weighted by Crippen LogP contribution is -2.16. The first kappa shape index (κ1) is 20.1. The van der Waals surface area contributed by atoms with Crippen LogP contribution < -0.4 is 10.5 Å². The number of halogens is 2. The number of aromatic nitrogens is 2. The molecule has 0 saturated heterocycles. The number of hydrogen-bond acceptors (Lipinski definition) is 6. The monoisotopic (exact) mass is 443 g/mol. The van der Waals surface area contributed by atoms with Gasteiger partial charge in [0.2, 0.25) is 0 Å². The lowest BCUT2D eigenvalue weighted by molar-refractivity contribution is 0.0991. The summed E-state index contributed by atoms with van der Waals surface area (Å²) < 4.78 is 33.6. The second-order valence-corrected chi connectivity index (χ2v) is 8.37. The molecule has 2 aromatic heterocycles. The number of carbonyl (C=O) groups is 1. The first-order valence-electron chi connectivity index (χ1n) is 8.80. The number of nitrogens with zero attached hydrogens (tertiary/aromatic N) is 2. The molecule has 2 N–H and O–H groups in total. The molecule has 0 aliphatic carbocycles. The van der Waals surface area contributed by atoms with E-state index in [1.165, 1.54) is 22.7 Å². The van der Waals surface area contributed by atoms with Crippen molar-refractivity contribution in [1.29, 1.82) is 0 Å². The number of benzene rings is 2. The summed E-state index contributed by atoms with van der Waals surface area (Å²) in [5.41, 5.74) is 8.82. The summed E-state index contributed by atoms with van der Waals surface area (Å²) in [5.74, 6) is -3.62. The van der Waals surface area contributed by atoms with Gasteiger partial charge in [0, 0.05) is 11.8 Å². The van der Waals surface area contributed by atoms with Gasteiger partial charge in [-0.1, -0.05) is 29.8 Å². The number of carbonyl (C=O) groups excluding carboxylic acids is 1. The standard InChI is InChI=1S/C21H15F2N3O2S2/c1-11-2-4-12(5-3-11)19-20(15-8-25-10-29-15)30-16(26-19)9-28-14-7-6-13(22)17(18(14)23)21(24)27/h2-8,10H,9H2,1H3,(H2,24,27). The minimum atomic E-state index is -1.20. The normalized spacial score (nSPS) is 10.9. The molecule has 1 amide bonds. The van der Waals surface area contributed by atoms with E-state index in [1.54, 1.807) is 11.7 Å². The van der Waals surface area contributed by atoms with Gasteiger partial charge >= 0.3 is 0 Å². The molecule has 30 heavy (non-hydrogen) atoms. The van der Waals surface area contributed by atoms with E-state index in [1.807, 2.05) is 31.2 Å². The van der Waals surface area contributed by atoms with Crippen LogP contribution in [0.2, 0.25) is 0 Å². The lowest BCUT2D eigenvalue weighted by atomic mass is 10.1. The Morgan fingerprint density at radius 1 is 1.17 bits per heavy atom. The largest absolute Gasteiger partial charge is 0.483 e. The lowest BCUT2D eigenvalue weighted by Gasteiger charge is -2.08. The second kappa shape index (κ2) is 8.29. The van der Waals surface area contributed by atoms with Crippen molar-refractivity contribution in [2.45, 2.75) is 13.5 Å². The van der Waals surface area contributed by atoms with E-state index < -0.39 is 23.1 Å². The highest BCUT2D eigenvalue weighted by Crippen LogP contribution is 2.39. The van der Waals surface area contributed by atoms with Crippen molar-refractivity contribution in [2.75, 3.05) is 0 Å². The highest BCUT2D eigenvalue weighted by atomic mass is 32.1. The molecule has 0 radical (unpaired) electrons. The van der Waals surface area contributed by atoms with Gasteiger partial charge in [-0.25, -0.2) is 13.8 Å². The van der Waals surface area contributed by atoms with Crippen molar-refractivity contribution in [3.05, 3.63) is 75.9 Å². The van der Waals surface area contributed by atoms with Crippen molar-refractivity contribution in [3.63, 3.8) is 0 Å². The molecule has 0 unspecified atom stereocenters. The highest BCUT2D eigenvalue weighted by molar-refractivity contribution is 7.21. The van der Waals surface area contributed by atoms with Crippen LogP contribution in [-0.2, 0) is 6.61 Å². The Bertz CT molecular complexity index is 1210. The van der Waals surface area contributed by atoms with E-state index in [0.717, 1.165) is 38.7 Å². The van der Waals surface area contributed by atoms with Crippen LogP contribution in [0.1, 0.15) is 20.9 Å². The molecule has 2 aromatic carbocycles. The van der Waals surface area contributed by atoms with Gasteiger partial charge in [-0.15, -0.1) is 22.7 Å². The summed E-state index contributed by atoms with van der Waals surface area (Å²) in [4.78, 5) is 22.0. The van der Waals surface area contributed by atoms with Crippen LogP contribution in [0, 0.1) is 18.6 Å². The van der Waals surface area contributed by atoms with E-state index in [0.29, 0.717) is 5.01 Å². The van der Waals surface area contributed by atoms with Crippen LogP contribution >= 0.6 is 22.7 Å².